The van der Waals surface area contributed by atoms with Gasteiger partial charge in [0.25, 0.3) is 5.91 Å². The molecule has 1 amide bonds. The summed E-state index contributed by atoms with van der Waals surface area (Å²) in [7, 11) is 0. The summed E-state index contributed by atoms with van der Waals surface area (Å²) >= 11 is 11.6. The van der Waals surface area contributed by atoms with Gasteiger partial charge in [-0.2, -0.15) is 0 Å². The highest BCUT2D eigenvalue weighted by Crippen LogP contribution is 2.23. The summed E-state index contributed by atoms with van der Waals surface area (Å²) in [5, 5.41) is 0.467. The number of ether oxygens (including phenoxy) is 1. The Labute approximate surface area is 121 Å². The third kappa shape index (κ3) is 4.14. The van der Waals surface area contributed by atoms with Crippen LogP contribution in [0.15, 0.2) is 6.07 Å². The first-order valence-corrected chi connectivity index (χ1v) is 6.63. The Morgan fingerprint density at radius 3 is 2.47 bits per heavy atom. The van der Waals surface area contributed by atoms with Crippen molar-refractivity contribution in [2.75, 3.05) is 13.2 Å². The van der Waals surface area contributed by atoms with E-state index in [1.54, 1.807) is 6.92 Å². The fourth-order valence-corrected chi connectivity index (χ4v) is 1.82. The van der Waals surface area contributed by atoms with Gasteiger partial charge in [-0.25, -0.2) is 0 Å². The van der Waals surface area contributed by atoms with Gasteiger partial charge in [0, 0.05) is 6.04 Å². The molecule has 1 aromatic rings. The average Bonchev–Trinajstić information content (AvgIpc) is 2.66. The molecule has 1 aromatic heterocycles. The Morgan fingerprint density at radius 1 is 1.42 bits per heavy atom. The minimum atomic E-state index is -0.451. The van der Waals surface area contributed by atoms with E-state index in [0.29, 0.717) is 0 Å². The fourth-order valence-electron chi connectivity index (χ4n) is 1.51. The summed E-state index contributed by atoms with van der Waals surface area (Å²) in [6, 6.07) is 1.28. The van der Waals surface area contributed by atoms with Crippen molar-refractivity contribution in [1.29, 1.82) is 0 Å². The van der Waals surface area contributed by atoms with Crippen molar-refractivity contribution in [3.05, 3.63) is 21.9 Å². The number of nitrogens with zero attached hydrogens (tertiary/aromatic N) is 1. The molecule has 1 heterocycles. The molecule has 0 aliphatic heterocycles. The van der Waals surface area contributed by atoms with Gasteiger partial charge in [-0.05, 0) is 26.8 Å². The second kappa shape index (κ2) is 6.82. The van der Waals surface area contributed by atoms with E-state index in [4.69, 9.17) is 27.9 Å². The topological polar surface area (TPSA) is 62.4 Å². The van der Waals surface area contributed by atoms with Crippen LogP contribution in [-0.4, -0.2) is 41.0 Å². The number of aromatic amines is 1. The van der Waals surface area contributed by atoms with Gasteiger partial charge in [0.05, 0.1) is 11.6 Å². The van der Waals surface area contributed by atoms with Crippen LogP contribution < -0.4 is 0 Å². The van der Waals surface area contributed by atoms with Gasteiger partial charge in [-0.1, -0.05) is 23.2 Å². The van der Waals surface area contributed by atoms with Gasteiger partial charge in [0.2, 0.25) is 0 Å². The van der Waals surface area contributed by atoms with Gasteiger partial charge in [0.15, 0.2) is 0 Å². The molecule has 0 aromatic carbocycles. The Morgan fingerprint density at radius 2 is 2.05 bits per heavy atom. The molecule has 0 aliphatic rings. The molecule has 0 saturated heterocycles. The number of nitrogens with one attached hydrogen (secondary N) is 1. The van der Waals surface area contributed by atoms with Gasteiger partial charge in [-0.3, -0.25) is 9.59 Å². The Hall–Kier alpha value is -1.20. The zero-order valence-corrected chi connectivity index (χ0v) is 12.5. The van der Waals surface area contributed by atoms with E-state index >= 15 is 0 Å². The van der Waals surface area contributed by atoms with E-state index in [1.807, 2.05) is 13.8 Å². The minimum Gasteiger partial charge on any atom is -0.465 e. The first-order chi connectivity index (χ1) is 8.86. The Balaban J connectivity index is 2.87. The molecular weight excluding hydrogens is 291 g/mol. The van der Waals surface area contributed by atoms with Crippen LogP contribution in [0.4, 0.5) is 0 Å². The summed E-state index contributed by atoms with van der Waals surface area (Å²) in [5.74, 6) is -0.801. The molecule has 7 heteroatoms. The van der Waals surface area contributed by atoms with Crippen LogP contribution in [-0.2, 0) is 9.53 Å². The number of halogens is 2. The molecule has 0 aliphatic carbocycles. The highest BCUT2D eigenvalue weighted by Gasteiger charge is 2.24. The van der Waals surface area contributed by atoms with Crippen LogP contribution in [0.1, 0.15) is 31.3 Å². The van der Waals surface area contributed by atoms with E-state index in [0.717, 1.165) is 0 Å². The number of rotatable bonds is 5. The van der Waals surface area contributed by atoms with Crippen molar-refractivity contribution < 1.29 is 14.3 Å². The van der Waals surface area contributed by atoms with Crippen LogP contribution in [0.25, 0.3) is 0 Å². The first-order valence-electron chi connectivity index (χ1n) is 5.87. The van der Waals surface area contributed by atoms with E-state index in [9.17, 15) is 9.59 Å². The maximum Gasteiger partial charge on any atom is 0.325 e. The molecule has 0 fully saturated rings. The number of carbonyl (C=O) groups excluding carboxylic acids is 2. The van der Waals surface area contributed by atoms with E-state index in [2.05, 4.69) is 4.98 Å². The SMILES string of the molecule is CCOC(=O)CN(C(=O)c1cc(Cl)c(Cl)[nH]1)C(C)C. The standard InChI is InChI=1S/C12H16Cl2N2O3/c1-4-19-10(17)6-16(7(2)3)12(18)9-5-8(13)11(14)15-9/h5,7,15H,4,6H2,1-3H3. The smallest absolute Gasteiger partial charge is 0.325 e. The van der Waals surface area contributed by atoms with Crippen molar-refractivity contribution in [3.8, 4) is 0 Å². The molecule has 19 heavy (non-hydrogen) atoms. The number of hydrogen-bond donors (Lipinski definition) is 1. The second-order valence-electron chi connectivity index (χ2n) is 4.18. The molecular formula is C12H16Cl2N2O3. The summed E-state index contributed by atoms with van der Waals surface area (Å²) in [4.78, 5) is 27.8. The minimum absolute atomic E-state index is 0.113. The maximum absolute atomic E-state index is 12.3. The van der Waals surface area contributed by atoms with Crippen LogP contribution in [0, 0.1) is 0 Å². The molecule has 0 bridgehead atoms. The monoisotopic (exact) mass is 306 g/mol. The molecule has 5 nitrogen and oxygen atoms in total. The molecule has 106 valence electrons. The Kier molecular flexibility index (Phi) is 5.69. The van der Waals surface area contributed by atoms with Crippen molar-refractivity contribution in [2.24, 2.45) is 0 Å². The summed E-state index contributed by atoms with van der Waals surface area (Å²) in [6.07, 6.45) is 0. The largest absolute Gasteiger partial charge is 0.465 e. The number of amides is 1. The zero-order valence-electron chi connectivity index (χ0n) is 11.0. The molecule has 0 saturated carbocycles. The predicted octanol–water partition coefficient (Wildman–Crippen LogP) is 2.74. The molecule has 1 N–H and O–H groups in total. The van der Waals surface area contributed by atoms with Crippen molar-refractivity contribution in [3.63, 3.8) is 0 Å². The van der Waals surface area contributed by atoms with Crippen molar-refractivity contribution in [1.82, 2.24) is 9.88 Å². The van der Waals surface area contributed by atoms with Gasteiger partial charge >= 0.3 is 5.97 Å². The van der Waals surface area contributed by atoms with Crippen LogP contribution in [0.3, 0.4) is 0 Å². The summed E-state index contributed by atoms with van der Waals surface area (Å²) in [6.45, 7) is 5.49. The van der Waals surface area contributed by atoms with Crippen molar-refractivity contribution >= 4 is 35.1 Å². The normalized spacial score (nSPS) is 10.6. The van der Waals surface area contributed by atoms with Gasteiger partial charge in [-0.15, -0.1) is 0 Å². The predicted molar refractivity (Wildman–Crippen MR) is 73.6 cm³/mol. The number of aromatic nitrogens is 1. The van der Waals surface area contributed by atoms with E-state index in [-0.39, 0.29) is 41.0 Å². The lowest BCUT2D eigenvalue weighted by atomic mass is 10.2. The van der Waals surface area contributed by atoms with Crippen LogP contribution in [0.5, 0.6) is 0 Å². The quantitative estimate of drug-likeness (QED) is 0.851. The average molecular weight is 307 g/mol. The van der Waals surface area contributed by atoms with Gasteiger partial charge < -0.3 is 14.6 Å². The maximum atomic E-state index is 12.3. The number of esters is 1. The second-order valence-corrected chi connectivity index (χ2v) is 4.96. The van der Waals surface area contributed by atoms with E-state index in [1.165, 1.54) is 11.0 Å². The molecule has 1 rings (SSSR count). The molecule has 0 unspecified atom stereocenters. The van der Waals surface area contributed by atoms with Gasteiger partial charge in [0.1, 0.15) is 17.4 Å². The molecule has 0 spiro atoms. The lowest BCUT2D eigenvalue weighted by Crippen LogP contribution is -2.41. The van der Waals surface area contributed by atoms with Crippen LogP contribution in [0.2, 0.25) is 10.2 Å². The third-order valence-corrected chi connectivity index (χ3v) is 3.14. The fraction of sp³-hybridized carbons (Fsp3) is 0.500. The highest BCUT2D eigenvalue weighted by atomic mass is 35.5. The molecule has 0 atom stereocenters. The summed E-state index contributed by atoms with van der Waals surface area (Å²) in [5.41, 5.74) is 0.244. The third-order valence-electron chi connectivity index (χ3n) is 2.44. The first kappa shape index (κ1) is 15.9. The highest BCUT2D eigenvalue weighted by molar-refractivity contribution is 6.41. The number of carbonyl (C=O) groups is 2. The zero-order chi connectivity index (χ0) is 14.6. The lowest BCUT2D eigenvalue weighted by Gasteiger charge is -2.25. The van der Waals surface area contributed by atoms with E-state index < -0.39 is 5.97 Å². The lowest BCUT2D eigenvalue weighted by molar-refractivity contribution is -0.144. The molecule has 0 radical (unpaired) electrons. The Bertz CT molecular complexity index is 452. The van der Waals surface area contributed by atoms with Crippen molar-refractivity contribution in [2.45, 2.75) is 26.8 Å². The van der Waals surface area contributed by atoms with Crippen LogP contribution >= 0.6 is 23.2 Å². The number of hydrogen-bond acceptors (Lipinski definition) is 3. The summed E-state index contributed by atoms with van der Waals surface area (Å²) < 4.78 is 4.84. The number of H-pyrrole nitrogens is 1.